The fraction of sp³-hybridized carbons (Fsp3) is 0.158. The number of benzene rings is 2. The normalized spacial score (nSPS) is 11.3. The molecule has 0 amide bonds. The largest absolute Gasteiger partial charge is 0.422 e. The molecule has 0 atom stereocenters. The lowest BCUT2D eigenvalue weighted by Gasteiger charge is -2.21. The Hall–Kier alpha value is -2.73. The highest BCUT2D eigenvalue weighted by Gasteiger charge is 2.22. The summed E-state index contributed by atoms with van der Waals surface area (Å²) >= 11 is 1.43. The van der Waals surface area contributed by atoms with Gasteiger partial charge < -0.3 is 9.32 Å². The predicted octanol–water partition coefficient (Wildman–Crippen LogP) is 4.48. The smallest absolute Gasteiger partial charge is 0.348 e. The summed E-state index contributed by atoms with van der Waals surface area (Å²) in [5.41, 5.74) is 1.89. The number of rotatable bonds is 4. The zero-order chi connectivity index (χ0) is 17.4. The van der Waals surface area contributed by atoms with Gasteiger partial charge >= 0.3 is 5.63 Å². The lowest BCUT2D eigenvalue weighted by atomic mass is 10.1. The van der Waals surface area contributed by atoms with Crippen molar-refractivity contribution in [3.8, 4) is 10.6 Å². The first-order valence-electron chi connectivity index (χ1n) is 7.88. The van der Waals surface area contributed by atoms with Gasteiger partial charge in [0, 0.05) is 19.0 Å². The van der Waals surface area contributed by atoms with Gasteiger partial charge in [0.2, 0.25) is 0 Å². The molecule has 6 heteroatoms. The summed E-state index contributed by atoms with van der Waals surface area (Å²) in [5.74, 6) is 0. The van der Waals surface area contributed by atoms with E-state index in [1.165, 1.54) is 11.3 Å². The number of anilines is 1. The van der Waals surface area contributed by atoms with E-state index in [1.54, 1.807) is 18.0 Å². The summed E-state index contributed by atoms with van der Waals surface area (Å²) in [6.45, 7) is -0.324. The van der Waals surface area contributed by atoms with E-state index >= 15 is 0 Å². The van der Waals surface area contributed by atoms with E-state index in [4.69, 9.17) is 4.42 Å². The van der Waals surface area contributed by atoms with Crippen LogP contribution >= 0.6 is 11.3 Å². The number of para-hydroxylation sites is 2. The number of nitrogens with zero attached hydrogens (tertiary/aromatic N) is 2. The minimum Gasteiger partial charge on any atom is -0.422 e. The average molecular weight is 354 g/mol. The molecule has 0 aliphatic carbocycles. The molecule has 0 N–H and O–H groups in total. The van der Waals surface area contributed by atoms with Crippen LogP contribution in [0, 0.1) is 0 Å². The minimum atomic E-state index is -0.510. The lowest BCUT2D eigenvalue weighted by molar-refractivity contribution is 0.497. The van der Waals surface area contributed by atoms with Crippen LogP contribution in [0.3, 0.4) is 0 Å². The molecule has 126 valence electrons. The molecule has 0 saturated carbocycles. The maximum Gasteiger partial charge on any atom is 0.348 e. The summed E-state index contributed by atoms with van der Waals surface area (Å²) < 4.78 is 19.5. The zero-order valence-corrected chi connectivity index (χ0v) is 14.3. The summed E-state index contributed by atoms with van der Waals surface area (Å²) in [4.78, 5) is 19.1. The van der Waals surface area contributed by atoms with Gasteiger partial charge in [-0.1, -0.05) is 24.3 Å². The Morgan fingerprint density at radius 1 is 1.16 bits per heavy atom. The highest BCUT2D eigenvalue weighted by atomic mass is 32.1. The lowest BCUT2D eigenvalue weighted by Crippen LogP contribution is -2.23. The van der Waals surface area contributed by atoms with E-state index < -0.39 is 12.3 Å². The molecule has 0 aliphatic heterocycles. The van der Waals surface area contributed by atoms with E-state index in [1.807, 2.05) is 42.5 Å². The summed E-state index contributed by atoms with van der Waals surface area (Å²) in [5, 5.41) is 1.36. The molecule has 2 aromatic heterocycles. The van der Waals surface area contributed by atoms with Crippen molar-refractivity contribution in [1.29, 1.82) is 0 Å². The Morgan fingerprint density at radius 2 is 1.92 bits per heavy atom. The third kappa shape index (κ3) is 2.68. The fourth-order valence-corrected chi connectivity index (χ4v) is 3.94. The topological polar surface area (TPSA) is 46.3 Å². The van der Waals surface area contributed by atoms with Crippen LogP contribution in [0.5, 0.6) is 0 Å². The monoisotopic (exact) mass is 354 g/mol. The second-order valence-corrected chi connectivity index (χ2v) is 6.74. The Labute approximate surface area is 147 Å². The molecule has 4 rings (SSSR count). The fourth-order valence-electron chi connectivity index (χ4n) is 2.94. The second-order valence-electron chi connectivity index (χ2n) is 5.71. The van der Waals surface area contributed by atoms with E-state index in [9.17, 15) is 9.18 Å². The van der Waals surface area contributed by atoms with E-state index in [0.717, 1.165) is 15.6 Å². The molecule has 2 aromatic carbocycles. The highest BCUT2D eigenvalue weighted by Crippen LogP contribution is 2.37. The van der Waals surface area contributed by atoms with Crippen molar-refractivity contribution in [2.24, 2.45) is 0 Å². The summed E-state index contributed by atoms with van der Waals surface area (Å²) in [6, 6.07) is 15.0. The molecule has 0 fully saturated rings. The SMILES string of the molecule is CN(CCF)c1c(-c2nc3ccccc3s2)c(=O)oc2ccccc12. The Kier molecular flexibility index (Phi) is 3.97. The zero-order valence-electron chi connectivity index (χ0n) is 13.5. The molecule has 2 heterocycles. The van der Waals surface area contributed by atoms with Crippen LogP contribution in [-0.4, -0.2) is 25.3 Å². The van der Waals surface area contributed by atoms with Crippen LogP contribution in [0.4, 0.5) is 10.1 Å². The molecule has 4 aromatic rings. The van der Waals surface area contributed by atoms with E-state index in [2.05, 4.69) is 4.98 Å². The average Bonchev–Trinajstić information content (AvgIpc) is 3.04. The van der Waals surface area contributed by atoms with Crippen LogP contribution in [-0.2, 0) is 0 Å². The molecule has 0 saturated heterocycles. The highest BCUT2D eigenvalue weighted by molar-refractivity contribution is 7.21. The van der Waals surface area contributed by atoms with Crippen molar-refractivity contribution in [2.75, 3.05) is 25.2 Å². The maximum absolute atomic E-state index is 13.0. The Bertz CT molecular complexity index is 1090. The van der Waals surface area contributed by atoms with Crippen molar-refractivity contribution in [1.82, 2.24) is 4.98 Å². The van der Waals surface area contributed by atoms with Gasteiger partial charge in [-0.05, 0) is 24.3 Å². The Morgan fingerprint density at radius 3 is 2.72 bits per heavy atom. The van der Waals surface area contributed by atoms with Crippen LogP contribution in [0.1, 0.15) is 0 Å². The number of alkyl halides is 1. The molecule has 25 heavy (non-hydrogen) atoms. The molecule has 4 nitrogen and oxygen atoms in total. The second kappa shape index (κ2) is 6.29. The van der Waals surface area contributed by atoms with Crippen LogP contribution in [0.25, 0.3) is 31.8 Å². The third-order valence-corrected chi connectivity index (χ3v) is 5.15. The van der Waals surface area contributed by atoms with Crippen LogP contribution < -0.4 is 10.5 Å². The summed E-state index contributed by atoms with van der Waals surface area (Å²) in [7, 11) is 1.78. The predicted molar refractivity (Wildman–Crippen MR) is 100 cm³/mol. The van der Waals surface area contributed by atoms with Gasteiger partial charge in [-0.25, -0.2) is 14.2 Å². The number of halogens is 1. The molecule has 0 aliphatic rings. The number of thiazole rings is 1. The van der Waals surface area contributed by atoms with Crippen molar-refractivity contribution in [2.45, 2.75) is 0 Å². The van der Waals surface area contributed by atoms with Gasteiger partial charge in [0.15, 0.2) is 0 Å². The van der Waals surface area contributed by atoms with Gasteiger partial charge in [0.1, 0.15) is 22.8 Å². The van der Waals surface area contributed by atoms with Crippen LogP contribution in [0.15, 0.2) is 57.7 Å². The van der Waals surface area contributed by atoms with Crippen molar-refractivity contribution >= 4 is 38.2 Å². The third-order valence-electron chi connectivity index (χ3n) is 4.10. The summed E-state index contributed by atoms with van der Waals surface area (Å²) in [6.07, 6.45) is 0. The van der Waals surface area contributed by atoms with Gasteiger partial charge in [-0.3, -0.25) is 0 Å². The van der Waals surface area contributed by atoms with Gasteiger partial charge in [0.05, 0.1) is 15.9 Å². The molecule has 0 spiro atoms. The molecule has 0 unspecified atom stereocenters. The van der Waals surface area contributed by atoms with Crippen molar-refractivity contribution < 1.29 is 8.81 Å². The molecule has 0 bridgehead atoms. The van der Waals surface area contributed by atoms with Crippen molar-refractivity contribution in [3.05, 3.63) is 59.0 Å². The van der Waals surface area contributed by atoms with E-state index in [0.29, 0.717) is 21.8 Å². The standard InChI is InChI=1S/C19H15FN2O2S/c1-22(11-10-20)17-12-6-2-4-8-14(12)24-19(23)16(17)18-21-13-7-3-5-9-15(13)25-18/h2-9H,10-11H2,1H3. The number of aromatic nitrogens is 1. The number of hydrogen-bond acceptors (Lipinski definition) is 5. The van der Waals surface area contributed by atoms with Gasteiger partial charge in [0.25, 0.3) is 0 Å². The van der Waals surface area contributed by atoms with E-state index in [-0.39, 0.29) is 6.54 Å². The quantitative estimate of drug-likeness (QED) is 0.507. The number of fused-ring (bicyclic) bond motifs is 2. The van der Waals surface area contributed by atoms with Gasteiger partial charge in [-0.15, -0.1) is 11.3 Å². The van der Waals surface area contributed by atoms with Crippen LogP contribution in [0.2, 0.25) is 0 Å². The number of hydrogen-bond donors (Lipinski definition) is 0. The maximum atomic E-state index is 13.0. The first-order chi connectivity index (χ1) is 12.2. The first-order valence-corrected chi connectivity index (χ1v) is 8.69. The Balaban J connectivity index is 2.06. The molecular formula is C19H15FN2O2S. The van der Waals surface area contributed by atoms with Gasteiger partial charge in [-0.2, -0.15) is 0 Å². The first kappa shape index (κ1) is 15.8. The molecule has 0 radical (unpaired) electrons. The minimum absolute atomic E-state index is 0.186. The van der Waals surface area contributed by atoms with Crippen molar-refractivity contribution in [3.63, 3.8) is 0 Å². The molecular weight excluding hydrogens is 339 g/mol.